The van der Waals surface area contributed by atoms with E-state index < -0.39 is 35.7 Å². The second-order valence-electron chi connectivity index (χ2n) is 12.8. The maximum Gasteiger partial charge on any atom is 0.253 e. The molecule has 8 nitrogen and oxygen atoms in total. The zero-order chi connectivity index (χ0) is 34.8. The first kappa shape index (κ1) is 36.7. The van der Waals surface area contributed by atoms with Crippen LogP contribution in [0, 0.1) is 18.6 Å². The zero-order valence-electron chi connectivity index (χ0n) is 28.3. The predicted molar refractivity (Wildman–Crippen MR) is 182 cm³/mol. The summed E-state index contributed by atoms with van der Waals surface area (Å²) in [5, 5.41) is 18.0. The number of benzene rings is 3. The fourth-order valence-corrected chi connectivity index (χ4v) is 6.44. The minimum Gasteiger partial charge on any atom is -0.389 e. The van der Waals surface area contributed by atoms with Gasteiger partial charge in [-0.15, -0.1) is 0 Å². The second-order valence-corrected chi connectivity index (χ2v) is 12.8. The molecule has 3 aromatic rings. The number of aryl methyl sites for hydroxylation is 1. The van der Waals surface area contributed by atoms with Crippen molar-refractivity contribution in [3.63, 3.8) is 0 Å². The molecule has 48 heavy (non-hydrogen) atoms. The Hall–Kier alpha value is -4.15. The van der Waals surface area contributed by atoms with E-state index in [1.54, 1.807) is 28.9 Å². The standard InChI is InChI=1S/C38H48F2N4O4/c1-5-11-32-24-44(23-26-12-9-8-10-13-26)38(48)34(41-32)35(45)33(20-27-18-30(39)22-31(40)19-27)42-36(46)28-16-25(4)17-29(21-28)37(47)43(14-6-2)15-7-3/h8-10,12-13,16-19,21-22,32-35,41,45H,5-7,11,14-15,20,23-24H2,1-4H3,(H,42,46)/t32-,33-,34-,35-/m0/s1. The molecule has 1 aliphatic rings. The van der Waals surface area contributed by atoms with Crippen molar-refractivity contribution >= 4 is 17.7 Å². The Morgan fingerprint density at radius 1 is 0.938 bits per heavy atom. The monoisotopic (exact) mass is 662 g/mol. The van der Waals surface area contributed by atoms with Crippen molar-refractivity contribution in [3.05, 3.63) is 106 Å². The lowest BCUT2D eigenvalue weighted by atomic mass is 9.92. The second kappa shape index (κ2) is 17.3. The van der Waals surface area contributed by atoms with Gasteiger partial charge < -0.3 is 20.2 Å². The summed E-state index contributed by atoms with van der Waals surface area (Å²) in [6.07, 6.45) is 1.58. The molecule has 0 radical (unpaired) electrons. The predicted octanol–water partition coefficient (Wildman–Crippen LogP) is 5.41. The van der Waals surface area contributed by atoms with Crippen LogP contribution in [0.1, 0.15) is 83.9 Å². The quantitative estimate of drug-likeness (QED) is 0.202. The van der Waals surface area contributed by atoms with E-state index in [9.17, 15) is 28.3 Å². The minimum absolute atomic E-state index is 0.112. The molecule has 10 heteroatoms. The Bertz CT molecular complexity index is 1530. The van der Waals surface area contributed by atoms with Crippen LogP contribution in [0.2, 0.25) is 0 Å². The van der Waals surface area contributed by atoms with E-state index in [0.717, 1.165) is 49.4 Å². The van der Waals surface area contributed by atoms with E-state index in [2.05, 4.69) is 10.6 Å². The molecule has 3 N–H and O–H groups in total. The maximum atomic E-state index is 14.3. The molecule has 0 unspecified atom stereocenters. The molecule has 258 valence electrons. The molecule has 1 heterocycles. The molecule has 1 aliphatic heterocycles. The van der Waals surface area contributed by atoms with E-state index >= 15 is 0 Å². The number of halogens is 2. The fourth-order valence-electron chi connectivity index (χ4n) is 6.44. The Labute approximate surface area is 282 Å². The van der Waals surface area contributed by atoms with Crippen LogP contribution in [0.4, 0.5) is 8.78 Å². The molecule has 0 saturated carbocycles. The van der Waals surface area contributed by atoms with E-state index in [1.165, 1.54) is 6.07 Å². The number of aliphatic hydroxyl groups is 1. The number of nitrogens with zero attached hydrogens (tertiary/aromatic N) is 2. The topological polar surface area (TPSA) is 102 Å². The van der Waals surface area contributed by atoms with Gasteiger partial charge in [-0.1, -0.05) is 57.5 Å². The highest BCUT2D eigenvalue weighted by Crippen LogP contribution is 2.21. The van der Waals surface area contributed by atoms with Crippen LogP contribution < -0.4 is 10.6 Å². The number of amides is 3. The van der Waals surface area contributed by atoms with E-state index in [1.807, 2.05) is 51.1 Å². The largest absolute Gasteiger partial charge is 0.389 e. The number of piperazine rings is 1. The Balaban J connectivity index is 1.66. The molecule has 4 atom stereocenters. The van der Waals surface area contributed by atoms with Crippen LogP contribution in [0.15, 0.2) is 66.7 Å². The molecule has 1 fully saturated rings. The Morgan fingerprint density at radius 3 is 2.21 bits per heavy atom. The molecule has 3 aromatic carbocycles. The molecule has 3 amide bonds. The van der Waals surface area contributed by atoms with E-state index in [4.69, 9.17) is 0 Å². The SMILES string of the molecule is CCC[C@H]1CN(Cc2ccccc2)C(=O)[C@H]([C@@H](O)[C@H](Cc2cc(F)cc(F)c2)NC(=O)c2cc(C)cc(C(=O)N(CCC)CCC)c2)N1. The number of nitrogens with one attached hydrogen (secondary N) is 2. The van der Waals surface area contributed by atoms with Crippen LogP contribution >= 0.6 is 0 Å². The number of rotatable bonds is 15. The maximum absolute atomic E-state index is 14.3. The summed E-state index contributed by atoms with van der Waals surface area (Å²) in [5.74, 6) is -2.68. The summed E-state index contributed by atoms with van der Waals surface area (Å²) >= 11 is 0. The Kier molecular flexibility index (Phi) is 13.2. The molecule has 0 aliphatic carbocycles. The number of aliphatic hydroxyl groups excluding tert-OH is 1. The normalized spacial score (nSPS) is 17.6. The minimum atomic E-state index is -1.46. The van der Waals surface area contributed by atoms with Gasteiger partial charge in [0.15, 0.2) is 0 Å². The average Bonchev–Trinajstić information content (AvgIpc) is 3.05. The van der Waals surface area contributed by atoms with Crippen LogP contribution in [0.25, 0.3) is 0 Å². The number of hydrogen-bond donors (Lipinski definition) is 3. The van der Waals surface area contributed by atoms with Crippen molar-refractivity contribution in [2.75, 3.05) is 19.6 Å². The van der Waals surface area contributed by atoms with Crippen molar-refractivity contribution in [2.24, 2.45) is 0 Å². The molecule has 0 spiro atoms. The smallest absolute Gasteiger partial charge is 0.253 e. The first-order chi connectivity index (χ1) is 23.0. The number of carbonyl (C=O) groups excluding carboxylic acids is 3. The van der Waals surface area contributed by atoms with Crippen molar-refractivity contribution in [1.82, 2.24) is 20.4 Å². The molecule has 4 rings (SSSR count). The van der Waals surface area contributed by atoms with Gasteiger partial charge in [-0.2, -0.15) is 0 Å². The molecule has 0 bridgehead atoms. The van der Waals surface area contributed by atoms with Gasteiger partial charge in [-0.05, 0) is 79.6 Å². The van der Waals surface area contributed by atoms with Crippen molar-refractivity contribution in [3.8, 4) is 0 Å². The van der Waals surface area contributed by atoms with Crippen LogP contribution in [0.3, 0.4) is 0 Å². The van der Waals surface area contributed by atoms with Gasteiger partial charge >= 0.3 is 0 Å². The Morgan fingerprint density at radius 2 is 1.58 bits per heavy atom. The molecular formula is C38H48F2N4O4. The third kappa shape index (κ3) is 9.70. The highest BCUT2D eigenvalue weighted by molar-refractivity contribution is 6.00. The van der Waals surface area contributed by atoms with Crippen molar-refractivity contribution < 1.29 is 28.3 Å². The van der Waals surface area contributed by atoms with Gasteiger partial charge in [-0.25, -0.2) is 8.78 Å². The molecule has 0 aromatic heterocycles. The van der Waals surface area contributed by atoms with Gasteiger partial charge in [0.25, 0.3) is 11.8 Å². The molecular weight excluding hydrogens is 614 g/mol. The van der Waals surface area contributed by atoms with Crippen LogP contribution in [-0.2, 0) is 17.8 Å². The van der Waals surface area contributed by atoms with Crippen LogP contribution in [-0.4, -0.2) is 76.5 Å². The first-order valence-corrected chi connectivity index (χ1v) is 17.0. The summed E-state index contributed by atoms with van der Waals surface area (Å²) in [5.41, 5.74) is 2.42. The van der Waals surface area contributed by atoms with Crippen molar-refractivity contribution in [2.45, 2.75) is 90.6 Å². The van der Waals surface area contributed by atoms with E-state index in [-0.39, 0.29) is 35.4 Å². The average molecular weight is 663 g/mol. The number of carbonyl (C=O) groups is 3. The zero-order valence-corrected chi connectivity index (χ0v) is 28.3. The lowest BCUT2D eigenvalue weighted by molar-refractivity contribution is -0.142. The van der Waals surface area contributed by atoms with Gasteiger partial charge in [0, 0.05) is 49.4 Å². The fraction of sp³-hybridized carbons (Fsp3) is 0.447. The van der Waals surface area contributed by atoms with E-state index in [0.29, 0.717) is 37.3 Å². The van der Waals surface area contributed by atoms with Gasteiger partial charge in [0.1, 0.15) is 17.7 Å². The summed E-state index contributed by atoms with van der Waals surface area (Å²) in [6, 6.07) is 15.2. The highest BCUT2D eigenvalue weighted by Gasteiger charge is 2.41. The highest BCUT2D eigenvalue weighted by atomic mass is 19.1. The summed E-state index contributed by atoms with van der Waals surface area (Å²) in [7, 11) is 0. The summed E-state index contributed by atoms with van der Waals surface area (Å²) < 4.78 is 28.5. The third-order valence-electron chi connectivity index (χ3n) is 8.60. The van der Waals surface area contributed by atoms with Crippen LogP contribution in [0.5, 0.6) is 0 Å². The van der Waals surface area contributed by atoms with Crippen molar-refractivity contribution in [1.29, 1.82) is 0 Å². The summed E-state index contributed by atoms with van der Waals surface area (Å²) in [4.78, 5) is 44.6. The van der Waals surface area contributed by atoms with Gasteiger partial charge in [0.05, 0.1) is 12.1 Å². The third-order valence-corrected chi connectivity index (χ3v) is 8.60. The van der Waals surface area contributed by atoms with Gasteiger partial charge in [-0.3, -0.25) is 19.7 Å². The van der Waals surface area contributed by atoms with Gasteiger partial charge in [0.2, 0.25) is 5.91 Å². The summed E-state index contributed by atoms with van der Waals surface area (Å²) in [6.45, 7) is 9.80. The number of hydrogen-bond acceptors (Lipinski definition) is 5. The lowest BCUT2D eigenvalue weighted by Crippen LogP contribution is -2.66. The first-order valence-electron chi connectivity index (χ1n) is 17.0. The molecule has 1 saturated heterocycles. The lowest BCUT2D eigenvalue weighted by Gasteiger charge is -2.42.